The number of rotatable bonds is 3. The number of halogens is 3. The summed E-state index contributed by atoms with van der Waals surface area (Å²) < 4.78 is 0. The fourth-order valence-electron chi connectivity index (χ4n) is 1.94. The summed E-state index contributed by atoms with van der Waals surface area (Å²) in [5, 5.41) is 1.46. The molecule has 0 unspecified atom stereocenters. The number of pyridine rings is 1. The van der Waals surface area contributed by atoms with E-state index in [1.54, 1.807) is 36.2 Å². The highest BCUT2D eigenvalue weighted by Gasteiger charge is 2.16. The van der Waals surface area contributed by atoms with Crippen LogP contribution in [0.2, 0.25) is 15.1 Å². The van der Waals surface area contributed by atoms with E-state index in [1.165, 1.54) is 6.20 Å². The van der Waals surface area contributed by atoms with E-state index in [-0.39, 0.29) is 5.91 Å². The minimum absolute atomic E-state index is 0.205. The zero-order valence-corrected chi connectivity index (χ0v) is 13.8. The van der Waals surface area contributed by atoms with Gasteiger partial charge < -0.3 is 4.90 Å². The molecule has 0 saturated carbocycles. The number of amides is 1. The number of hydrogen-bond donors (Lipinski definition) is 0. The number of nitrogens with zero attached hydrogens (tertiary/aromatic N) is 2. The van der Waals surface area contributed by atoms with E-state index < -0.39 is 0 Å². The van der Waals surface area contributed by atoms with Crippen LogP contribution in [0.25, 0.3) is 0 Å². The normalized spacial score (nSPS) is 10.5. The first kappa shape index (κ1) is 16.1. The first-order valence-corrected chi connectivity index (χ1v) is 7.33. The van der Waals surface area contributed by atoms with Crippen LogP contribution in [0.15, 0.2) is 30.5 Å². The lowest BCUT2D eigenvalue weighted by Crippen LogP contribution is -2.26. The molecule has 1 heterocycles. The Kier molecular flexibility index (Phi) is 5.09. The monoisotopic (exact) mass is 342 g/mol. The summed E-state index contributed by atoms with van der Waals surface area (Å²) in [6, 6.07) is 6.85. The third kappa shape index (κ3) is 4.10. The molecule has 1 amide bonds. The van der Waals surface area contributed by atoms with Crippen molar-refractivity contribution in [1.29, 1.82) is 0 Å². The average molecular weight is 344 g/mol. The van der Waals surface area contributed by atoms with Gasteiger partial charge in [0.15, 0.2) is 0 Å². The second-order valence-corrected chi connectivity index (χ2v) is 6.02. The minimum Gasteiger partial charge on any atom is -0.337 e. The van der Waals surface area contributed by atoms with Gasteiger partial charge in [0.2, 0.25) is 0 Å². The van der Waals surface area contributed by atoms with E-state index in [2.05, 4.69) is 4.98 Å². The Morgan fingerprint density at radius 1 is 1.14 bits per heavy atom. The molecule has 0 N–H and O–H groups in total. The lowest BCUT2D eigenvalue weighted by atomic mass is 10.2. The van der Waals surface area contributed by atoms with Crippen molar-refractivity contribution < 1.29 is 4.79 Å². The molecule has 0 aliphatic heterocycles. The summed E-state index contributed by atoms with van der Waals surface area (Å²) in [6.45, 7) is 2.20. The van der Waals surface area contributed by atoms with Crippen LogP contribution in [-0.4, -0.2) is 22.8 Å². The first-order chi connectivity index (χ1) is 9.86. The molecule has 110 valence electrons. The molecule has 1 aromatic heterocycles. The molecule has 0 aliphatic carbocycles. The number of aryl methyl sites for hydroxylation is 1. The smallest absolute Gasteiger partial charge is 0.256 e. The summed E-state index contributed by atoms with van der Waals surface area (Å²) in [7, 11) is 1.69. The van der Waals surface area contributed by atoms with Crippen molar-refractivity contribution in [2.75, 3.05) is 7.05 Å². The Hall–Kier alpha value is -1.29. The van der Waals surface area contributed by atoms with Crippen molar-refractivity contribution in [3.8, 4) is 0 Å². The fourth-order valence-corrected chi connectivity index (χ4v) is 2.80. The maximum Gasteiger partial charge on any atom is 0.256 e. The number of carbonyl (C=O) groups is 1. The van der Waals surface area contributed by atoms with Gasteiger partial charge in [-0.05, 0) is 36.8 Å². The van der Waals surface area contributed by atoms with Gasteiger partial charge in [0.25, 0.3) is 5.91 Å². The SMILES string of the molecule is Cc1cc(Cl)c(C(=O)N(C)Cc2cc(Cl)cc(Cl)c2)cn1. The molecule has 6 heteroatoms. The zero-order chi connectivity index (χ0) is 15.6. The van der Waals surface area contributed by atoms with Crippen LogP contribution in [0.4, 0.5) is 0 Å². The molecule has 0 saturated heterocycles. The van der Waals surface area contributed by atoms with Crippen molar-refractivity contribution in [1.82, 2.24) is 9.88 Å². The van der Waals surface area contributed by atoms with E-state index >= 15 is 0 Å². The molecule has 3 nitrogen and oxygen atoms in total. The summed E-state index contributed by atoms with van der Waals surface area (Å²) in [5.41, 5.74) is 1.98. The Morgan fingerprint density at radius 3 is 2.33 bits per heavy atom. The standard InChI is InChI=1S/C15H13Cl3N2O/c1-9-3-14(18)13(7-19-9)15(21)20(2)8-10-4-11(16)6-12(17)5-10/h3-7H,8H2,1-2H3. The summed E-state index contributed by atoms with van der Waals surface area (Å²) in [5.74, 6) is -0.205. The van der Waals surface area contributed by atoms with Crippen LogP contribution < -0.4 is 0 Å². The van der Waals surface area contributed by atoms with E-state index in [0.717, 1.165) is 11.3 Å². The van der Waals surface area contributed by atoms with Gasteiger partial charge in [0.05, 0.1) is 10.6 Å². The van der Waals surface area contributed by atoms with Gasteiger partial charge in [0, 0.05) is 35.5 Å². The summed E-state index contributed by atoms with van der Waals surface area (Å²) in [4.78, 5) is 18.0. The van der Waals surface area contributed by atoms with E-state index in [1.807, 2.05) is 6.92 Å². The lowest BCUT2D eigenvalue weighted by Gasteiger charge is -2.18. The third-order valence-corrected chi connectivity index (χ3v) is 3.66. The molecular weight excluding hydrogens is 331 g/mol. The quantitative estimate of drug-likeness (QED) is 0.814. The van der Waals surface area contributed by atoms with Gasteiger partial charge in [-0.15, -0.1) is 0 Å². The molecule has 21 heavy (non-hydrogen) atoms. The Labute approximate surface area is 138 Å². The predicted octanol–water partition coefficient (Wildman–Crippen LogP) is 4.62. The molecule has 1 aromatic carbocycles. The summed E-state index contributed by atoms with van der Waals surface area (Å²) >= 11 is 18.0. The highest BCUT2D eigenvalue weighted by atomic mass is 35.5. The van der Waals surface area contributed by atoms with Gasteiger partial charge in [-0.3, -0.25) is 9.78 Å². The maximum atomic E-state index is 12.4. The molecular formula is C15H13Cl3N2O. The number of hydrogen-bond acceptors (Lipinski definition) is 2. The molecule has 0 radical (unpaired) electrons. The Bertz CT molecular complexity index is 668. The predicted molar refractivity (Wildman–Crippen MR) is 86.2 cm³/mol. The van der Waals surface area contributed by atoms with Gasteiger partial charge >= 0.3 is 0 Å². The number of benzene rings is 1. The highest BCUT2D eigenvalue weighted by Crippen LogP contribution is 2.22. The summed E-state index contributed by atoms with van der Waals surface area (Å²) in [6.07, 6.45) is 1.49. The van der Waals surface area contributed by atoms with Crippen molar-refractivity contribution in [3.05, 3.63) is 62.4 Å². The fraction of sp³-hybridized carbons (Fsp3) is 0.200. The zero-order valence-electron chi connectivity index (χ0n) is 11.5. The van der Waals surface area contributed by atoms with E-state index in [0.29, 0.717) is 27.2 Å². The van der Waals surface area contributed by atoms with Crippen molar-refractivity contribution in [3.63, 3.8) is 0 Å². The van der Waals surface area contributed by atoms with Gasteiger partial charge in [-0.25, -0.2) is 0 Å². The van der Waals surface area contributed by atoms with E-state index in [4.69, 9.17) is 34.8 Å². The van der Waals surface area contributed by atoms with Crippen molar-refractivity contribution in [2.24, 2.45) is 0 Å². The second-order valence-electron chi connectivity index (χ2n) is 4.74. The van der Waals surface area contributed by atoms with Crippen LogP contribution in [0.1, 0.15) is 21.6 Å². The van der Waals surface area contributed by atoms with Gasteiger partial charge in [0.1, 0.15) is 0 Å². The first-order valence-electron chi connectivity index (χ1n) is 6.19. The molecule has 0 atom stereocenters. The maximum absolute atomic E-state index is 12.4. The average Bonchev–Trinajstić information content (AvgIpc) is 2.36. The molecule has 0 spiro atoms. The largest absolute Gasteiger partial charge is 0.337 e. The number of aromatic nitrogens is 1. The van der Waals surface area contributed by atoms with Crippen LogP contribution in [-0.2, 0) is 6.54 Å². The van der Waals surface area contributed by atoms with Crippen LogP contribution in [0.5, 0.6) is 0 Å². The highest BCUT2D eigenvalue weighted by molar-refractivity contribution is 6.34. The second kappa shape index (κ2) is 6.65. The molecule has 0 fully saturated rings. The third-order valence-electron chi connectivity index (χ3n) is 2.91. The number of carbonyl (C=O) groups excluding carboxylic acids is 1. The van der Waals surface area contributed by atoms with Crippen molar-refractivity contribution in [2.45, 2.75) is 13.5 Å². The molecule has 0 bridgehead atoms. The molecule has 2 aromatic rings. The lowest BCUT2D eigenvalue weighted by molar-refractivity contribution is 0.0785. The molecule has 0 aliphatic rings. The Morgan fingerprint density at radius 2 is 1.76 bits per heavy atom. The van der Waals surface area contributed by atoms with Crippen molar-refractivity contribution >= 4 is 40.7 Å². The van der Waals surface area contributed by atoms with Crippen LogP contribution >= 0.6 is 34.8 Å². The van der Waals surface area contributed by atoms with Crippen LogP contribution in [0, 0.1) is 6.92 Å². The van der Waals surface area contributed by atoms with E-state index in [9.17, 15) is 4.79 Å². The minimum atomic E-state index is -0.205. The topological polar surface area (TPSA) is 33.2 Å². The van der Waals surface area contributed by atoms with Gasteiger partial charge in [-0.1, -0.05) is 34.8 Å². The van der Waals surface area contributed by atoms with Gasteiger partial charge in [-0.2, -0.15) is 0 Å². The Balaban J connectivity index is 2.19. The molecule has 2 rings (SSSR count). The van der Waals surface area contributed by atoms with Crippen LogP contribution in [0.3, 0.4) is 0 Å².